The van der Waals surface area contributed by atoms with Crippen molar-refractivity contribution in [2.45, 2.75) is 76.7 Å². The molecule has 2 aliphatic rings. The molecule has 1 saturated heterocycles. The summed E-state index contributed by atoms with van der Waals surface area (Å²) in [6, 6.07) is 0.163. The minimum absolute atomic E-state index is 0.163. The van der Waals surface area contributed by atoms with Crippen molar-refractivity contribution in [3.8, 4) is 0 Å². The molecule has 4 nitrogen and oxygen atoms in total. The lowest BCUT2D eigenvalue weighted by atomic mass is 9.96. The van der Waals surface area contributed by atoms with Gasteiger partial charge in [0.2, 0.25) is 5.91 Å². The molecule has 114 valence electrons. The van der Waals surface area contributed by atoms with E-state index in [1.54, 1.807) is 0 Å². The van der Waals surface area contributed by atoms with Gasteiger partial charge in [0, 0.05) is 25.4 Å². The minimum atomic E-state index is -0.756. The molecule has 1 aliphatic heterocycles. The Bertz CT molecular complexity index is 337. The number of rotatable bonds is 6. The van der Waals surface area contributed by atoms with Crippen molar-refractivity contribution in [2.24, 2.45) is 5.92 Å². The number of likely N-dealkylation sites (tertiary alicyclic amines) is 1. The van der Waals surface area contributed by atoms with Crippen LogP contribution in [0.15, 0.2) is 0 Å². The van der Waals surface area contributed by atoms with Gasteiger partial charge in [0.05, 0.1) is 0 Å². The van der Waals surface area contributed by atoms with E-state index in [9.17, 15) is 9.59 Å². The molecule has 4 heteroatoms. The van der Waals surface area contributed by atoms with Gasteiger partial charge >= 0.3 is 5.97 Å². The number of piperidine rings is 1. The molecule has 0 aromatic carbocycles. The smallest absolute Gasteiger partial charge is 0.303 e. The normalized spacial score (nSPS) is 24.0. The van der Waals surface area contributed by atoms with Crippen molar-refractivity contribution in [1.29, 1.82) is 0 Å². The second-order valence-electron chi connectivity index (χ2n) is 6.36. The molecule has 1 heterocycles. The summed E-state index contributed by atoms with van der Waals surface area (Å²) in [6.07, 6.45) is 10.9. The fourth-order valence-corrected chi connectivity index (χ4v) is 3.69. The first kappa shape index (κ1) is 15.3. The average molecular weight is 281 g/mol. The molecule has 1 aliphatic carbocycles. The second-order valence-corrected chi connectivity index (χ2v) is 6.36. The van der Waals surface area contributed by atoms with Crippen LogP contribution in [0.2, 0.25) is 0 Å². The van der Waals surface area contributed by atoms with E-state index in [1.165, 1.54) is 25.7 Å². The van der Waals surface area contributed by atoms with Gasteiger partial charge in [0.25, 0.3) is 0 Å². The summed E-state index contributed by atoms with van der Waals surface area (Å²) >= 11 is 0. The Morgan fingerprint density at radius 2 is 1.65 bits per heavy atom. The Morgan fingerprint density at radius 3 is 2.35 bits per heavy atom. The summed E-state index contributed by atoms with van der Waals surface area (Å²) in [4.78, 5) is 25.1. The average Bonchev–Trinajstić information content (AvgIpc) is 2.96. The number of nitrogens with zero attached hydrogens (tertiary/aromatic N) is 1. The Kier molecular flexibility index (Phi) is 5.86. The van der Waals surface area contributed by atoms with Gasteiger partial charge in [-0.1, -0.05) is 25.7 Å². The fraction of sp³-hybridized carbons (Fsp3) is 0.875. The van der Waals surface area contributed by atoms with E-state index in [2.05, 4.69) is 0 Å². The van der Waals surface area contributed by atoms with Gasteiger partial charge < -0.3 is 10.0 Å². The third-order valence-corrected chi connectivity index (χ3v) is 4.88. The van der Waals surface area contributed by atoms with Gasteiger partial charge in [-0.3, -0.25) is 9.59 Å². The molecule has 20 heavy (non-hydrogen) atoms. The van der Waals surface area contributed by atoms with Crippen LogP contribution in [0.5, 0.6) is 0 Å². The van der Waals surface area contributed by atoms with Crippen molar-refractivity contribution < 1.29 is 14.7 Å². The highest BCUT2D eigenvalue weighted by Gasteiger charge is 2.27. The maximum Gasteiger partial charge on any atom is 0.303 e. The zero-order chi connectivity index (χ0) is 14.4. The van der Waals surface area contributed by atoms with Crippen LogP contribution in [0.25, 0.3) is 0 Å². The first-order valence-electron chi connectivity index (χ1n) is 8.18. The fourth-order valence-electron chi connectivity index (χ4n) is 3.69. The molecular weight excluding hydrogens is 254 g/mol. The molecule has 2 fully saturated rings. The van der Waals surface area contributed by atoms with E-state index in [0.717, 1.165) is 38.1 Å². The van der Waals surface area contributed by atoms with Crippen molar-refractivity contribution in [1.82, 2.24) is 4.90 Å². The van der Waals surface area contributed by atoms with Gasteiger partial charge in [0.15, 0.2) is 0 Å². The predicted octanol–water partition coefficient (Wildman–Crippen LogP) is 3.20. The van der Waals surface area contributed by atoms with E-state index >= 15 is 0 Å². The highest BCUT2D eigenvalue weighted by Crippen LogP contribution is 2.29. The number of aliphatic carboxylic acids is 1. The summed E-state index contributed by atoms with van der Waals surface area (Å²) in [6.45, 7) is 0.827. The van der Waals surface area contributed by atoms with E-state index in [4.69, 9.17) is 5.11 Å². The predicted molar refractivity (Wildman–Crippen MR) is 77.4 cm³/mol. The van der Waals surface area contributed by atoms with Gasteiger partial charge in [-0.15, -0.1) is 0 Å². The molecule has 2 rings (SSSR count). The Balaban J connectivity index is 1.79. The van der Waals surface area contributed by atoms with E-state index in [0.29, 0.717) is 12.8 Å². The maximum absolute atomic E-state index is 12.4. The highest BCUT2D eigenvalue weighted by atomic mass is 16.4. The van der Waals surface area contributed by atoms with Gasteiger partial charge in [-0.2, -0.15) is 0 Å². The monoisotopic (exact) mass is 281 g/mol. The Hall–Kier alpha value is -1.06. The molecule has 1 N–H and O–H groups in total. The van der Waals surface area contributed by atoms with Crippen LogP contribution in [0.3, 0.4) is 0 Å². The van der Waals surface area contributed by atoms with Crippen LogP contribution in [0.4, 0.5) is 0 Å². The quantitative estimate of drug-likeness (QED) is 0.813. The van der Waals surface area contributed by atoms with E-state index < -0.39 is 5.97 Å². The highest BCUT2D eigenvalue weighted by molar-refractivity contribution is 5.76. The van der Waals surface area contributed by atoms with Crippen LogP contribution < -0.4 is 0 Å². The number of carboxylic acid groups (broad SMARTS) is 1. The number of carbonyl (C=O) groups is 2. The SMILES string of the molecule is O=C(O)CCC1CCCCN1C(=O)CCC1CCCC1. The first-order chi connectivity index (χ1) is 9.66. The van der Waals surface area contributed by atoms with E-state index in [1.807, 2.05) is 4.90 Å². The molecule has 0 spiro atoms. The summed E-state index contributed by atoms with van der Waals surface area (Å²) < 4.78 is 0. The number of carbonyl (C=O) groups excluding carboxylic acids is 1. The molecule has 1 unspecified atom stereocenters. The van der Waals surface area contributed by atoms with Gasteiger partial charge in [0.1, 0.15) is 0 Å². The van der Waals surface area contributed by atoms with Crippen molar-refractivity contribution in [3.05, 3.63) is 0 Å². The number of amides is 1. The van der Waals surface area contributed by atoms with Crippen molar-refractivity contribution >= 4 is 11.9 Å². The van der Waals surface area contributed by atoms with Crippen LogP contribution in [-0.4, -0.2) is 34.5 Å². The van der Waals surface area contributed by atoms with Crippen LogP contribution in [0, 0.1) is 5.92 Å². The maximum atomic E-state index is 12.4. The van der Waals surface area contributed by atoms with Crippen molar-refractivity contribution in [2.75, 3.05) is 6.54 Å². The molecular formula is C16H27NO3. The first-order valence-corrected chi connectivity index (χ1v) is 8.18. The largest absolute Gasteiger partial charge is 0.481 e. The lowest BCUT2D eigenvalue weighted by Crippen LogP contribution is -2.44. The zero-order valence-corrected chi connectivity index (χ0v) is 12.4. The van der Waals surface area contributed by atoms with Gasteiger partial charge in [-0.05, 0) is 38.0 Å². The summed E-state index contributed by atoms with van der Waals surface area (Å²) in [5, 5.41) is 8.81. The Morgan fingerprint density at radius 1 is 0.950 bits per heavy atom. The molecule has 0 aromatic heterocycles. The van der Waals surface area contributed by atoms with E-state index in [-0.39, 0.29) is 18.4 Å². The summed E-state index contributed by atoms with van der Waals surface area (Å²) in [5.74, 6) is 0.252. The van der Waals surface area contributed by atoms with Crippen LogP contribution in [-0.2, 0) is 9.59 Å². The minimum Gasteiger partial charge on any atom is -0.481 e. The molecule has 1 amide bonds. The molecule has 1 atom stereocenters. The summed E-state index contributed by atoms with van der Waals surface area (Å²) in [7, 11) is 0. The molecule has 0 aromatic rings. The third kappa shape index (κ3) is 4.50. The second kappa shape index (κ2) is 7.65. The van der Waals surface area contributed by atoms with Gasteiger partial charge in [-0.25, -0.2) is 0 Å². The number of carboxylic acids is 1. The lowest BCUT2D eigenvalue weighted by molar-refractivity contribution is -0.140. The topological polar surface area (TPSA) is 57.6 Å². The molecule has 1 saturated carbocycles. The number of hydrogen-bond acceptors (Lipinski definition) is 2. The summed E-state index contributed by atoms with van der Waals surface area (Å²) in [5.41, 5.74) is 0. The van der Waals surface area contributed by atoms with Crippen LogP contribution >= 0.6 is 0 Å². The standard InChI is InChI=1S/C16H27NO3/c18-15(10-8-13-5-1-2-6-13)17-12-4-3-7-14(17)9-11-16(19)20/h13-14H,1-12H2,(H,19,20). The molecule has 0 bridgehead atoms. The Labute approximate surface area is 121 Å². The number of hydrogen-bond donors (Lipinski definition) is 1. The molecule has 0 radical (unpaired) electrons. The third-order valence-electron chi connectivity index (χ3n) is 4.88. The van der Waals surface area contributed by atoms with Crippen LogP contribution in [0.1, 0.15) is 70.6 Å². The zero-order valence-electron chi connectivity index (χ0n) is 12.4. The lowest BCUT2D eigenvalue weighted by Gasteiger charge is -2.36. The van der Waals surface area contributed by atoms with Crippen molar-refractivity contribution in [3.63, 3.8) is 0 Å².